The van der Waals surface area contributed by atoms with E-state index in [-0.39, 0.29) is 30.1 Å². The molecule has 1 aliphatic rings. The molecule has 0 spiro atoms. The van der Waals surface area contributed by atoms with Crippen molar-refractivity contribution in [2.75, 3.05) is 6.61 Å². The number of carbonyl (C=O) groups excluding carboxylic acids is 3. The van der Waals surface area contributed by atoms with E-state index >= 15 is 0 Å². The fraction of sp³-hybridized carbons (Fsp3) is 0.250. The number of rotatable bonds is 6. The van der Waals surface area contributed by atoms with Crippen molar-refractivity contribution in [3.63, 3.8) is 0 Å². The van der Waals surface area contributed by atoms with E-state index in [4.69, 9.17) is 9.57 Å². The van der Waals surface area contributed by atoms with E-state index in [9.17, 15) is 14.4 Å². The minimum atomic E-state index is -0.707. The number of benzene rings is 2. The third-order valence-corrected chi connectivity index (χ3v) is 4.05. The van der Waals surface area contributed by atoms with Gasteiger partial charge in [0, 0.05) is 0 Å². The van der Waals surface area contributed by atoms with Crippen molar-refractivity contribution in [1.29, 1.82) is 0 Å². The molecular formula is C20H19NO5. The maximum atomic E-state index is 12.2. The van der Waals surface area contributed by atoms with Crippen LogP contribution in [0.15, 0.2) is 48.5 Å². The van der Waals surface area contributed by atoms with Crippen LogP contribution in [0.3, 0.4) is 0 Å². The van der Waals surface area contributed by atoms with Gasteiger partial charge < -0.3 is 9.57 Å². The summed E-state index contributed by atoms with van der Waals surface area (Å²) in [6.07, 6.45) is -0.0835. The maximum absolute atomic E-state index is 12.2. The molecule has 6 heteroatoms. The molecule has 0 unspecified atom stereocenters. The molecule has 0 atom stereocenters. The molecule has 2 amide bonds. The number of fused-ring (bicyclic) bond motifs is 1. The number of nitrogens with zero attached hydrogens (tertiary/aromatic N) is 1. The summed E-state index contributed by atoms with van der Waals surface area (Å²) in [5.41, 5.74) is 1.50. The van der Waals surface area contributed by atoms with Crippen LogP contribution in [-0.4, -0.2) is 29.5 Å². The van der Waals surface area contributed by atoms with Crippen molar-refractivity contribution in [2.45, 2.75) is 26.2 Å². The van der Waals surface area contributed by atoms with Crippen LogP contribution in [0.1, 0.15) is 52.5 Å². The van der Waals surface area contributed by atoms with E-state index in [1.807, 2.05) is 24.3 Å². The van der Waals surface area contributed by atoms with E-state index < -0.39 is 17.8 Å². The Labute approximate surface area is 151 Å². The first-order valence-electron chi connectivity index (χ1n) is 8.39. The standard InChI is InChI=1S/C20H19NO5/c1-13(2)14-7-5-6-10-17(14)25-12-11-18(22)26-21-19(23)15-8-3-4-9-16(15)20(21)24/h3-10,13H,11-12H2,1-2H3. The van der Waals surface area contributed by atoms with Gasteiger partial charge in [0.15, 0.2) is 0 Å². The van der Waals surface area contributed by atoms with E-state index in [0.29, 0.717) is 10.8 Å². The molecule has 0 aromatic heterocycles. The Morgan fingerprint density at radius 1 is 0.962 bits per heavy atom. The van der Waals surface area contributed by atoms with Gasteiger partial charge in [-0.15, -0.1) is 0 Å². The quantitative estimate of drug-likeness (QED) is 0.745. The summed E-state index contributed by atoms with van der Waals surface area (Å²) < 4.78 is 5.66. The zero-order valence-electron chi connectivity index (χ0n) is 14.6. The Balaban J connectivity index is 1.56. The summed E-state index contributed by atoms with van der Waals surface area (Å²) in [5, 5.41) is 0.509. The SMILES string of the molecule is CC(C)c1ccccc1OCCC(=O)ON1C(=O)c2ccccc2C1=O. The number of carbonyl (C=O) groups is 3. The lowest BCUT2D eigenvalue weighted by Crippen LogP contribution is -2.33. The lowest BCUT2D eigenvalue weighted by atomic mass is 10.0. The van der Waals surface area contributed by atoms with Crippen LogP contribution in [0.5, 0.6) is 5.75 Å². The highest BCUT2D eigenvalue weighted by Crippen LogP contribution is 2.26. The van der Waals surface area contributed by atoms with Crippen LogP contribution in [0.4, 0.5) is 0 Å². The van der Waals surface area contributed by atoms with Crippen LogP contribution in [0, 0.1) is 0 Å². The van der Waals surface area contributed by atoms with Gasteiger partial charge >= 0.3 is 5.97 Å². The second kappa shape index (κ2) is 7.39. The summed E-state index contributed by atoms with van der Waals surface area (Å²) in [6, 6.07) is 13.9. The molecule has 2 aromatic carbocycles. The van der Waals surface area contributed by atoms with Crippen LogP contribution in [0.2, 0.25) is 0 Å². The highest BCUT2D eigenvalue weighted by molar-refractivity contribution is 6.20. The van der Waals surface area contributed by atoms with Crippen molar-refractivity contribution in [2.24, 2.45) is 0 Å². The molecule has 0 saturated heterocycles. The first-order chi connectivity index (χ1) is 12.5. The van der Waals surface area contributed by atoms with Gasteiger partial charge in [0.1, 0.15) is 5.75 Å². The predicted molar refractivity (Wildman–Crippen MR) is 93.7 cm³/mol. The lowest BCUT2D eigenvalue weighted by molar-refractivity contribution is -0.169. The Hall–Kier alpha value is -3.15. The van der Waals surface area contributed by atoms with Gasteiger partial charge in [0.25, 0.3) is 11.8 Å². The van der Waals surface area contributed by atoms with Crippen molar-refractivity contribution >= 4 is 17.8 Å². The molecule has 3 rings (SSSR count). The number of imide groups is 1. The first-order valence-corrected chi connectivity index (χ1v) is 8.39. The second-order valence-electron chi connectivity index (χ2n) is 6.20. The summed E-state index contributed by atoms with van der Waals surface area (Å²) in [5.74, 6) is -0.982. The molecule has 0 saturated carbocycles. The molecule has 0 N–H and O–H groups in total. The van der Waals surface area contributed by atoms with Crippen LogP contribution < -0.4 is 4.74 Å². The number of amides is 2. The number of ether oxygens (including phenoxy) is 1. The molecule has 0 bridgehead atoms. The number of hydrogen-bond acceptors (Lipinski definition) is 5. The molecular weight excluding hydrogens is 334 g/mol. The van der Waals surface area contributed by atoms with Gasteiger partial charge in [-0.3, -0.25) is 9.59 Å². The largest absolute Gasteiger partial charge is 0.493 e. The summed E-state index contributed by atoms with van der Waals surface area (Å²) in [7, 11) is 0. The maximum Gasteiger partial charge on any atom is 0.336 e. The van der Waals surface area contributed by atoms with Gasteiger partial charge in [0.05, 0.1) is 24.2 Å². The topological polar surface area (TPSA) is 72.9 Å². The highest BCUT2D eigenvalue weighted by atomic mass is 16.7. The molecule has 0 aliphatic carbocycles. The molecule has 0 radical (unpaired) electrons. The van der Waals surface area contributed by atoms with Crippen molar-refractivity contribution in [3.05, 3.63) is 65.2 Å². The van der Waals surface area contributed by atoms with Crippen molar-refractivity contribution in [3.8, 4) is 5.75 Å². The lowest BCUT2D eigenvalue weighted by Gasteiger charge is -2.15. The minimum Gasteiger partial charge on any atom is -0.493 e. The van der Waals surface area contributed by atoms with Crippen molar-refractivity contribution < 1.29 is 24.0 Å². The normalized spacial score (nSPS) is 13.1. The van der Waals surface area contributed by atoms with E-state index in [0.717, 1.165) is 5.56 Å². The molecule has 26 heavy (non-hydrogen) atoms. The Morgan fingerprint density at radius 3 is 2.15 bits per heavy atom. The zero-order chi connectivity index (χ0) is 18.7. The minimum absolute atomic E-state index is 0.0835. The third-order valence-electron chi connectivity index (χ3n) is 4.05. The third kappa shape index (κ3) is 3.44. The number of para-hydroxylation sites is 1. The van der Waals surface area contributed by atoms with Gasteiger partial charge in [-0.05, 0) is 29.7 Å². The van der Waals surface area contributed by atoms with E-state index in [2.05, 4.69) is 13.8 Å². The molecule has 2 aromatic rings. The van der Waals surface area contributed by atoms with Gasteiger partial charge in [0.2, 0.25) is 0 Å². The average molecular weight is 353 g/mol. The molecule has 6 nitrogen and oxygen atoms in total. The highest BCUT2D eigenvalue weighted by Gasteiger charge is 2.38. The summed E-state index contributed by atoms with van der Waals surface area (Å²) in [4.78, 5) is 41.3. The molecule has 1 heterocycles. The van der Waals surface area contributed by atoms with Crippen LogP contribution in [-0.2, 0) is 9.63 Å². The Morgan fingerprint density at radius 2 is 1.54 bits per heavy atom. The van der Waals surface area contributed by atoms with Crippen LogP contribution >= 0.6 is 0 Å². The molecule has 1 aliphatic heterocycles. The monoisotopic (exact) mass is 353 g/mol. The fourth-order valence-electron chi connectivity index (χ4n) is 2.73. The zero-order valence-corrected chi connectivity index (χ0v) is 14.6. The average Bonchev–Trinajstić information content (AvgIpc) is 2.87. The predicted octanol–water partition coefficient (Wildman–Crippen LogP) is 3.33. The Bertz CT molecular complexity index is 824. The number of hydrogen-bond donors (Lipinski definition) is 0. The van der Waals surface area contributed by atoms with Crippen LogP contribution in [0.25, 0.3) is 0 Å². The van der Waals surface area contributed by atoms with E-state index in [1.165, 1.54) is 12.1 Å². The van der Waals surface area contributed by atoms with Gasteiger partial charge in [-0.1, -0.05) is 49.2 Å². The first kappa shape index (κ1) is 17.7. The van der Waals surface area contributed by atoms with Gasteiger partial charge in [-0.2, -0.15) is 0 Å². The number of hydroxylamine groups is 2. The van der Waals surface area contributed by atoms with Gasteiger partial charge in [-0.25, -0.2) is 4.79 Å². The summed E-state index contributed by atoms with van der Waals surface area (Å²) in [6.45, 7) is 4.20. The fourth-order valence-corrected chi connectivity index (χ4v) is 2.73. The second-order valence-corrected chi connectivity index (χ2v) is 6.20. The van der Waals surface area contributed by atoms with E-state index in [1.54, 1.807) is 12.1 Å². The molecule has 134 valence electrons. The molecule has 0 fully saturated rings. The smallest absolute Gasteiger partial charge is 0.336 e. The summed E-state index contributed by atoms with van der Waals surface area (Å²) >= 11 is 0. The van der Waals surface area contributed by atoms with Crippen molar-refractivity contribution in [1.82, 2.24) is 5.06 Å². The Kier molecular flexibility index (Phi) is 5.02.